The van der Waals surface area contributed by atoms with E-state index in [1.165, 1.54) is 6.92 Å². The van der Waals surface area contributed by atoms with Gasteiger partial charge in [-0.15, -0.1) is 0 Å². The summed E-state index contributed by atoms with van der Waals surface area (Å²) in [4.78, 5) is 35.3. The van der Waals surface area contributed by atoms with E-state index in [1.807, 2.05) is 0 Å². The van der Waals surface area contributed by atoms with Crippen LogP contribution in [0.3, 0.4) is 0 Å². The molecule has 0 fully saturated rings. The van der Waals surface area contributed by atoms with E-state index in [9.17, 15) is 14.4 Å². The second-order valence-electron chi connectivity index (χ2n) is 5.49. The number of hydrogen-bond donors (Lipinski definition) is 1. The fourth-order valence-corrected chi connectivity index (χ4v) is 2.48. The van der Waals surface area contributed by atoms with Crippen LogP contribution < -0.4 is 5.32 Å². The number of hydrogen-bond acceptors (Lipinski definition) is 6. The van der Waals surface area contributed by atoms with Crippen LogP contribution in [0.5, 0.6) is 0 Å². The maximum Gasteiger partial charge on any atom is 0.355 e. The number of benzene rings is 2. The number of esters is 2. The molecule has 0 aromatic heterocycles. The van der Waals surface area contributed by atoms with Gasteiger partial charge in [0.1, 0.15) is 5.70 Å². The lowest BCUT2D eigenvalue weighted by molar-refractivity contribution is -0.152. The zero-order valence-corrected chi connectivity index (χ0v) is 14.4. The molecule has 0 bridgehead atoms. The van der Waals surface area contributed by atoms with E-state index in [-0.39, 0.29) is 16.5 Å². The molecule has 0 saturated heterocycles. The van der Waals surface area contributed by atoms with Crippen molar-refractivity contribution >= 4 is 35.0 Å². The zero-order chi connectivity index (χ0) is 18.7. The summed E-state index contributed by atoms with van der Waals surface area (Å²) in [5, 5.41) is 2.71. The van der Waals surface area contributed by atoms with E-state index >= 15 is 0 Å². The first-order valence-electron chi connectivity index (χ1n) is 7.70. The minimum Gasteiger partial charge on any atom is -0.415 e. The summed E-state index contributed by atoms with van der Waals surface area (Å²) in [6.07, 6.45) is -1.28. The minimum atomic E-state index is -1.28. The van der Waals surface area contributed by atoms with Crippen LogP contribution in [0.15, 0.2) is 65.3 Å². The third-order valence-corrected chi connectivity index (χ3v) is 4.02. The number of halogens is 1. The monoisotopic (exact) mass is 371 g/mol. The third-order valence-electron chi connectivity index (χ3n) is 3.66. The minimum absolute atomic E-state index is 0.0668. The van der Waals surface area contributed by atoms with E-state index < -0.39 is 18.2 Å². The smallest absolute Gasteiger partial charge is 0.355 e. The Morgan fingerprint density at radius 3 is 2.31 bits per heavy atom. The van der Waals surface area contributed by atoms with Crippen LogP contribution in [-0.2, 0) is 14.3 Å². The number of rotatable bonds is 5. The van der Waals surface area contributed by atoms with Crippen LogP contribution in [0, 0.1) is 0 Å². The summed E-state index contributed by atoms with van der Waals surface area (Å²) in [5.74, 6) is -1.51. The lowest BCUT2D eigenvalue weighted by atomic mass is 10.1. The van der Waals surface area contributed by atoms with Crippen LogP contribution in [0.2, 0.25) is 0 Å². The van der Waals surface area contributed by atoms with Gasteiger partial charge in [-0.2, -0.15) is 0 Å². The van der Waals surface area contributed by atoms with Gasteiger partial charge in [-0.05, 0) is 43.3 Å². The molecule has 0 aliphatic carbocycles. The SMILES string of the molecule is CC(=O)c1ccc(NC2=C(Cl)C(=O)OC2OC(=O)c2ccccc2)cc1. The van der Waals surface area contributed by atoms with Crippen molar-refractivity contribution in [2.45, 2.75) is 13.2 Å². The molecule has 1 aliphatic rings. The maximum absolute atomic E-state index is 12.2. The number of cyclic esters (lactones) is 1. The molecule has 1 atom stereocenters. The Kier molecular flexibility index (Phi) is 5.04. The number of Topliss-reactive ketones (excluding diaryl/α,β-unsaturated/α-hetero) is 1. The molecule has 2 aromatic rings. The summed E-state index contributed by atoms with van der Waals surface area (Å²) in [6.45, 7) is 1.46. The van der Waals surface area contributed by atoms with Gasteiger partial charge in [-0.25, -0.2) is 9.59 Å². The summed E-state index contributed by atoms with van der Waals surface area (Å²) in [6, 6.07) is 14.9. The van der Waals surface area contributed by atoms with Gasteiger partial charge in [0.15, 0.2) is 10.8 Å². The normalized spacial score (nSPS) is 16.2. The highest BCUT2D eigenvalue weighted by Crippen LogP contribution is 2.28. The predicted molar refractivity (Wildman–Crippen MR) is 94.7 cm³/mol. The molecule has 1 heterocycles. The quantitative estimate of drug-likeness (QED) is 0.640. The highest BCUT2D eigenvalue weighted by atomic mass is 35.5. The Balaban J connectivity index is 1.78. The molecule has 7 heteroatoms. The first kappa shape index (κ1) is 17.7. The van der Waals surface area contributed by atoms with Crippen LogP contribution >= 0.6 is 11.6 Å². The van der Waals surface area contributed by atoms with Crippen molar-refractivity contribution in [2.24, 2.45) is 0 Å². The van der Waals surface area contributed by atoms with E-state index in [1.54, 1.807) is 54.6 Å². The van der Waals surface area contributed by atoms with Crippen LogP contribution in [0.25, 0.3) is 0 Å². The molecule has 2 aromatic carbocycles. The van der Waals surface area contributed by atoms with Crippen molar-refractivity contribution in [3.63, 3.8) is 0 Å². The van der Waals surface area contributed by atoms with E-state index in [0.717, 1.165) is 0 Å². The molecule has 1 unspecified atom stereocenters. The predicted octanol–water partition coefficient (Wildman–Crippen LogP) is 3.49. The first-order chi connectivity index (χ1) is 12.5. The average Bonchev–Trinajstić information content (AvgIpc) is 2.90. The molecule has 3 rings (SSSR count). The molecule has 6 nitrogen and oxygen atoms in total. The van der Waals surface area contributed by atoms with Gasteiger partial charge in [0.25, 0.3) is 6.29 Å². The van der Waals surface area contributed by atoms with Crippen molar-refractivity contribution in [1.82, 2.24) is 0 Å². The molecular weight excluding hydrogens is 358 g/mol. The third kappa shape index (κ3) is 3.75. The standard InChI is InChI=1S/C19H14ClNO5/c1-11(22)12-7-9-14(10-8-12)21-16-15(20)18(24)26-19(16)25-17(23)13-5-3-2-4-6-13/h2-10,19,21H,1H3. The van der Waals surface area contributed by atoms with Crippen LogP contribution in [0.4, 0.5) is 5.69 Å². The first-order valence-corrected chi connectivity index (χ1v) is 8.08. The highest BCUT2D eigenvalue weighted by Gasteiger charge is 2.36. The van der Waals surface area contributed by atoms with Crippen molar-refractivity contribution < 1.29 is 23.9 Å². The van der Waals surface area contributed by atoms with Gasteiger partial charge in [0.2, 0.25) is 0 Å². The van der Waals surface area contributed by atoms with Gasteiger partial charge in [0.05, 0.1) is 5.56 Å². The summed E-state index contributed by atoms with van der Waals surface area (Å²) < 4.78 is 10.3. The summed E-state index contributed by atoms with van der Waals surface area (Å²) >= 11 is 5.98. The Hall–Kier alpha value is -3.12. The van der Waals surface area contributed by atoms with Crippen LogP contribution in [-0.4, -0.2) is 24.0 Å². The molecule has 132 valence electrons. The second kappa shape index (κ2) is 7.41. The topological polar surface area (TPSA) is 81.7 Å². The molecule has 0 amide bonds. The van der Waals surface area contributed by atoms with Crippen LogP contribution in [0.1, 0.15) is 27.6 Å². The van der Waals surface area contributed by atoms with E-state index in [4.69, 9.17) is 21.1 Å². The number of anilines is 1. The van der Waals surface area contributed by atoms with Gasteiger partial charge >= 0.3 is 11.9 Å². The number of carbonyl (C=O) groups is 3. The lowest BCUT2D eigenvalue weighted by Crippen LogP contribution is -2.24. The molecule has 1 aliphatic heterocycles. The van der Waals surface area contributed by atoms with E-state index in [0.29, 0.717) is 16.8 Å². The van der Waals surface area contributed by atoms with Crippen molar-refractivity contribution in [3.05, 3.63) is 76.5 Å². The number of nitrogens with one attached hydrogen (secondary N) is 1. The molecular formula is C19H14ClNO5. The van der Waals surface area contributed by atoms with E-state index in [2.05, 4.69) is 5.32 Å². The molecule has 0 spiro atoms. The van der Waals surface area contributed by atoms with Crippen molar-refractivity contribution in [3.8, 4) is 0 Å². The number of ether oxygens (including phenoxy) is 2. The van der Waals surface area contributed by atoms with Crippen molar-refractivity contribution in [2.75, 3.05) is 5.32 Å². The van der Waals surface area contributed by atoms with Gasteiger partial charge in [0, 0.05) is 11.3 Å². The fraction of sp³-hybridized carbons (Fsp3) is 0.105. The number of ketones is 1. The van der Waals surface area contributed by atoms with Gasteiger partial charge in [-0.1, -0.05) is 29.8 Å². The zero-order valence-electron chi connectivity index (χ0n) is 13.7. The lowest BCUT2D eigenvalue weighted by Gasteiger charge is -2.16. The Labute approximate surface area is 154 Å². The summed E-state index contributed by atoms with van der Waals surface area (Å²) in [7, 11) is 0. The highest BCUT2D eigenvalue weighted by molar-refractivity contribution is 6.42. The molecule has 0 saturated carbocycles. The molecule has 26 heavy (non-hydrogen) atoms. The van der Waals surface area contributed by atoms with Crippen molar-refractivity contribution in [1.29, 1.82) is 0 Å². The number of carbonyl (C=O) groups excluding carboxylic acids is 3. The fourth-order valence-electron chi connectivity index (χ4n) is 2.30. The molecule has 1 N–H and O–H groups in total. The average molecular weight is 372 g/mol. The maximum atomic E-state index is 12.2. The second-order valence-corrected chi connectivity index (χ2v) is 5.87. The van der Waals surface area contributed by atoms with Gasteiger partial charge < -0.3 is 14.8 Å². The summed E-state index contributed by atoms with van der Waals surface area (Å²) in [5.41, 5.74) is 1.54. The van der Waals surface area contributed by atoms with Gasteiger partial charge in [-0.3, -0.25) is 4.79 Å². The Morgan fingerprint density at radius 2 is 1.69 bits per heavy atom. The molecule has 0 radical (unpaired) electrons. The Bertz CT molecular complexity index is 890. The Morgan fingerprint density at radius 1 is 1.04 bits per heavy atom. The largest absolute Gasteiger partial charge is 0.415 e.